The minimum absolute atomic E-state index is 0.00164. The molecule has 0 aliphatic heterocycles. The van der Waals surface area contributed by atoms with Crippen molar-refractivity contribution in [3.8, 4) is 17.2 Å². The summed E-state index contributed by atoms with van der Waals surface area (Å²) in [5.74, 6) is -1.03. The predicted molar refractivity (Wildman–Crippen MR) is 82.1 cm³/mol. The van der Waals surface area contributed by atoms with E-state index in [-0.39, 0.29) is 28.5 Å². The first-order chi connectivity index (χ1) is 10.9. The molecular formula is C16H15NO6. The van der Waals surface area contributed by atoms with Gasteiger partial charge in [-0.1, -0.05) is 19.1 Å². The van der Waals surface area contributed by atoms with Crippen LogP contribution in [0.3, 0.4) is 0 Å². The summed E-state index contributed by atoms with van der Waals surface area (Å²) >= 11 is 0. The minimum Gasteiger partial charge on any atom is -0.508 e. The van der Waals surface area contributed by atoms with E-state index in [4.69, 9.17) is 4.74 Å². The molecule has 0 aliphatic rings. The van der Waals surface area contributed by atoms with Crippen LogP contribution in [0.4, 0.5) is 5.69 Å². The maximum atomic E-state index is 12.2. The van der Waals surface area contributed by atoms with Gasteiger partial charge in [-0.05, 0) is 24.1 Å². The number of carbonyl (C=O) groups excluding carboxylic acids is 1. The van der Waals surface area contributed by atoms with Crippen LogP contribution < -0.4 is 4.74 Å². The maximum Gasteiger partial charge on any atom is 0.310 e. The molecule has 2 aromatic carbocycles. The van der Waals surface area contributed by atoms with Crippen LogP contribution in [0.1, 0.15) is 22.8 Å². The number of para-hydroxylation sites is 2. The van der Waals surface area contributed by atoms with Crippen LogP contribution >= 0.6 is 0 Å². The minimum atomic E-state index is -0.604. The fraction of sp³-hybridized carbons (Fsp3) is 0.188. The van der Waals surface area contributed by atoms with E-state index in [0.717, 1.165) is 6.07 Å². The van der Waals surface area contributed by atoms with Gasteiger partial charge < -0.3 is 14.9 Å². The molecule has 0 unspecified atom stereocenters. The monoisotopic (exact) mass is 317 g/mol. The van der Waals surface area contributed by atoms with Crippen LogP contribution in [0.5, 0.6) is 17.2 Å². The summed E-state index contributed by atoms with van der Waals surface area (Å²) in [7, 11) is 0. The number of aromatic hydroxyl groups is 2. The molecule has 0 amide bonds. The van der Waals surface area contributed by atoms with Crippen molar-refractivity contribution in [2.75, 3.05) is 6.61 Å². The number of nitrogens with zero attached hydrogens (tertiary/aromatic N) is 1. The molecular weight excluding hydrogens is 302 g/mol. The maximum absolute atomic E-state index is 12.2. The first-order valence-corrected chi connectivity index (χ1v) is 6.88. The van der Waals surface area contributed by atoms with Crippen molar-refractivity contribution < 1.29 is 24.7 Å². The Morgan fingerprint density at radius 3 is 2.57 bits per heavy atom. The van der Waals surface area contributed by atoms with E-state index in [1.165, 1.54) is 24.3 Å². The summed E-state index contributed by atoms with van der Waals surface area (Å²) in [5, 5.41) is 30.3. The van der Waals surface area contributed by atoms with Crippen LogP contribution in [0.15, 0.2) is 36.4 Å². The Hall–Kier alpha value is -3.09. The molecule has 0 radical (unpaired) electrons. The summed E-state index contributed by atoms with van der Waals surface area (Å²) in [4.78, 5) is 22.4. The summed E-state index contributed by atoms with van der Waals surface area (Å²) in [5.41, 5.74) is 0.263. The quantitative estimate of drug-likeness (QED) is 0.481. The van der Waals surface area contributed by atoms with Crippen LogP contribution in [-0.4, -0.2) is 27.5 Å². The molecule has 0 spiro atoms. The average molecular weight is 317 g/mol. The summed E-state index contributed by atoms with van der Waals surface area (Å²) in [6, 6.07) is 8.19. The molecule has 2 N–H and O–H groups in total. The summed E-state index contributed by atoms with van der Waals surface area (Å²) in [6.07, 6.45) is 0.484. The first kappa shape index (κ1) is 16.3. The van der Waals surface area contributed by atoms with E-state index in [1.807, 2.05) is 0 Å². The molecule has 7 nitrogen and oxygen atoms in total. The molecule has 0 aromatic heterocycles. The van der Waals surface area contributed by atoms with Gasteiger partial charge in [0, 0.05) is 12.1 Å². The Balaban J connectivity index is 2.19. The van der Waals surface area contributed by atoms with Crippen molar-refractivity contribution in [3.63, 3.8) is 0 Å². The fourth-order valence-electron chi connectivity index (χ4n) is 2.08. The number of rotatable bonds is 6. The van der Waals surface area contributed by atoms with E-state index in [2.05, 4.69) is 0 Å². The molecule has 0 bridgehead atoms. The number of ketones is 1. The Labute approximate surface area is 131 Å². The topological polar surface area (TPSA) is 110 Å². The molecule has 120 valence electrons. The number of nitro groups is 1. The van der Waals surface area contributed by atoms with Gasteiger partial charge in [0.05, 0.1) is 10.5 Å². The van der Waals surface area contributed by atoms with Gasteiger partial charge in [0.15, 0.2) is 12.4 Å². The molecule has 0 saturated carbocycles. The van der Waals surface area contributed by atoms with Crippen molar-refractivity contribution >= 4 is 11.5 Å². The lowest BCUT2D eigenvalue weighted by atomic mass is 10.0. The van der Waals surface area contributed by atoms with Gasteiger partial charge in [-0.3, -0.25) is 14.9 Å². The van der Waals surface area contributed by atoms with E-state index >= 15 is 0 Å². The SMILES string of the molecule is CCc1cc(C(=O)COc2ccccc2[N+](=O)[O-])c(O)cc1O. The van der Waals surface area contributed by atoms with Crippen molar-refractivity contribution in [1.82, 2.24) is 0 Å². The highest BCUT2D eigenvalue weighted by Crippen LogP contribution is 2.29. The first-order valence-electron chi connectivity index (χ1n) is 6.88. The molecule has 2 rings (SSSR count). The van der Waals surface area contributed by atoms with Gasteiger partial charge >= 0.3 is 5.69 Å². The van der Waals surface area contributed by atoms with Gasteiger partial charge in [0.25, 0.3) is 0 Å². The normalized spacial score (nSPS) is 10.3. The largest absolute Gasteiger partial charge is 0.508 e. The zero-order valence-corrected chi connectivity index (χ0v) is 12.4. The van der Waals surface area contributed by atoms with Crippen LogP contribution in [0.2, 0.25) is 0 Å². The van der Waals surface area contributed by atoms with Gasteiger partial charge in [-0.15, -0.1) is 0 Å². The highest BCUT2D eigenvalue weighted by atomic mass is 16.6. The Morgan fingerprint density at radius 2 is 1.91 bits per heavy atom. The van der Waals surface area contributed by atoms with Crippen LogP contribution in [0.25, 0.3) is 0 Å². The van der Waals surface area contributed by atoms with Crippen molar-refractivity contribution in [2.45, 2.75) is 13.3 Å². The summed E-state index contributed by atoms with van der Waals surface area (Å²) in [6.45, 7) is 1.33. The molecule has 0 heterocycles. The molecule has 0 fully saturated rings. The van der Waals surface area contributed by atoms with Crippen LogP contribution in [-0.2, 0) is 6.42 Å². The van der Waals surface area contributed by atoms with Gasteiger partial charge in [-0.25, -0.2) is 0 Å². The Bertz CT molecular complexity index is 756. The molecule has 0 atom stereocenters. The number of aryl methyl sites for hydroxylation is 1. The number of hydrogen-bond acceptors (Lipinski definition) is 6. The van der Waals surface area contributed by atoms with E-state index in [9.17, 15) is 25.1 Å². The second-order valence-corrected chi connectivity index (χ2v) is 4.79. The highest BCUT2D eigenvalue weighted by molar-refractivity contribution is 6.00. The van der Waals surface area contributed by atoms with Crippen molar-refractivity contribution in [2.24, 2.45) is 0 Å². The molecule has 0 saturated heterocycles. The lowest BCUT2D eigenvalue weighted by Crippen LogP contribution is -2.13. The highest BCUT2D eigenvalue weighted by Gasteiger charge is 2.18. The van der Waals surface area contributed by atoms with E-state index in [0.29, 0.717) is 12.0 Å². The third-order valence-electron chi connectivity index (χ3n) is 3.30. The lowest BCUT2D eigenvalue weighted by Gasteiger charge is -2.09. The number of hydrogen-bond donors (Lipinski definition) is 2. The smallest absolute Gasteiger partial charge is 0.310 e. The zero-order chi connectivity index (χ0) is 17.0. The zero-order valence-electron chi connectivity index (χ0n) is 12.4. The molecule has 0 aliphatic carbocycles. The number of benzene rings is 2. The average Bonchev–Trinajstić information content (AvgIpc) is 2.53. The van der Waals surface area contributed by atoms with Gasteiger partial charge in [0.1, 0.15) is 11.5 Å². The number of Topliss-reactive ketones (excluding diaryl/α,β-unsaturated/α-hetero) is 1. The lowest BCUT2D eigenvalue weighted by molar-refractivity contribution is -0.385. The number of phenolic OH excluding ortho intramolecular Hbond substituents is 2. The van der Waals surface area contributed by atoms with E-state index < -0.39 is 17.3 Å². The third kappa shape index (κ3) is 3.57. The molecule has 2 aromatic rings. The van der Waals surface area contributed by atoms with Crippen LogP contribution in [0, 0.1) is 10.1 Å². The Kier molecular flexibility index (Phi) is 4.80. The van der Waals surface area contributed by atoms with E-state index in [1.54, 1.807) is 13.0 Å². The number of carbonyl (C=O) groups is 1. The van der Waals surface area contributed by atoms with Crippen molar-refractivity contribution in [3.05, 3.63) is 57.6 Å². The number of ether oxygens (including phenoxy) is 1. The van der Waals surface area contributed by atoms with Gasteiger partial charge in [-0.2, -0.15) is 0 Å². The van der Waals surface area contributed by atoms with Gasteiger partial charge in [0.2, 0.25) is 5.78 Å². The van der Waals surface area contributed by atoms with Crippen molar-refractivity contribution in [1.29, 1.82) is 0 Å². The fourth-order valence-corrected chi connectivity index (χ4v) is 2.08. The summed E-state index contributed by atoms with van der Waals surface area (Å²) < 4.78 is 5.21. The number of nitro benzene ring substituents is 1. The third-order valence-corrected chi connectivity index (χ3v) is 3.30. The Morgan fingerprint density at radius 1 is 1.22 bits per heavy atom. The number of phenols is 2. The molecule has 7 heteroatoms. The standard InChI is InChI=1S/C16H15NO6/c1-2-10-7-11(14(19)8-13(10)18)15(20)9-23-16-6-4-3-5-12(16)17(21)22/h3-8,18-19H,2,9H2,1H3. The predicted octanol–water partition coefficient (Wildman–Crippen LogP) is 2.83. The molecule has 23 heavy (non-hydrogen) atoms. The second-order valence-electron chi connectivity index (χ2n) is 4.79. The second kappa shape index (κ2) is 6.78.